The summed E-state index contributed by atoms with van der Waals surface area (Å²) in [6.07, 6.45) is 1.95. The van der Waals surface area contributed by atoms with Gasteiger partial charge in [0.15, 0.2) is 0 Å². The molecule has 4 nitrogen and oxygen atoms in total. The number of nitrogens with zero attached hydrogens (tertiary/aromatic N) is 2. The molecule has 1 unspecified atom stereocenters. The summed E-state index contributed by atoms with van der Waals surface area (Å²) in [6.45, 7) is 8.48. The second-order valence-electron chi connectivity index (χ2n) is 6.96. The molecule has 0 radical (unpaired) electrons. The molecular formula is C19H32N2O2. The number of hydrogen-bond donors (Lipinski definition) is 1. The number of ether oxygens (including phenoxy) is 1. The average molecular weight is 320 g/mol. The maximum Gasteiger partial charge on any atom is 0.0900 e. The summed E-state index contributed by atoms with van der Waals surface area (Å²) in [5.74, 6) is 0. The lowest BCUT2D eigenvalue weighted by atomic mass is 10.0. The molecule has 0 amide bonds. The highest BCUT2D eigenvalue weighted by Crippen LogP contribution is 2.17. The van der Waals surface area contributed by atoms with Gasteiger partial charge in [-0.2, -0.15) is 0 Å². The Morgan fingerprint density at radius 2 is 1.87 bits per heavy atom. The van der Waals surface area contributed by atoms with Gasteiger partial charge in [0.1, 0.15) is 0 Å². The van der Waals surface area contributed by atoms with Crippen molar-refractivity contribution in [1.82, 2.24) is 9.80 Å². The fourth-order valence-electron chi connectivity index (χ4n) is 3.26. The Labute approximate surface area is 141 Å². The molecular weight excluding hydrogens is 288 g/mol. The predicted molar refractivity (Wildman–Crippen MR) is 94.5 cm³/mol. The second-order valence-corrected chi connectivity index (χ2v) is 6.96. The van der Waals surface area contributed by atoms with Crippen LogP contribution in [-0.4, -0.2) is 66.4 Å². The topological polar surface area (TPSA) is 35.9 Å². The van der Waals surface area contributed by atoms with Crippen molar-refractivity contribution in [2.24, 2.45) is 0 Å². The zero-order valence-electron chi connectivity index (χ0n) is 14.8. The van der Waals surface area contributed by atoms with Gasteiger partial charge in [-0.1, -0.05) is 30.3 Å². The van der Waals surface area contributed by atoms with E-state index in [1.165, 1.54) is 12.8 Å². The van der Waals surface area contributed by atoms with Crippen molar-refractivity contribution in [3.8, 4) is 0 Å². The number of aliphatic hydroxyl groups is 1. The summed E-state index contributed by atoms with van der Waals surface area (Å²) in [7, 11) is 2.12. The first-order valence-corrected chi connectivity index (χ1v) is 8.80. The molecule has 23 heavy (non-hydrogen) atoms. The molecule has 1 aliphatic heterocycles. The van der Waals surface area contributed by atoms with E-state index in [9.17, 15) is 5.11 Å². The van der Waals surface area contributed by atoms with E-state index in [2.05, 4.69) is 30.7 Å². The lowest BCUT2D eigenvalue weighted by molar-refractivity contribution is 0.000910. The fraction of sp³-hybridized carbons (Fsp3) is 0.684. The summed E-state index contributed by atoms with van der Waals surface area (Å²) in [5.41, 5.74) is 1.15. The lowest BCUT2D eigenvalue weighted by Gasteiger charge is -2.39. The van der Waals surface area contributed by atoms with Crippen molar-refractivity contribution in [1.29, 1.82) is 0 Å². The third-order valence-corrected chi connectivity index (χ3v) is 4.77. The largest absolute Gasteiger partial charge is 0.389 e. The summed E-state index contributed by atoms with van der Waals surface area (Å²) < 4.78 is 5.63. The lowest BCUT2D eigenvalue weighted by Crippen LogP contribution is -2.47. The van der Waals surface area contributed by atoms with Gasteiger partial charge in [0.2, 0.25) is 0 Å². The molecule has 1 aromatic rings. The van der Waals surface area contributed by atoms with E-state index in [4.69, 9.17) is 4.74 Å². The van der Waals surface area contributed by atoms with Gasteiger partial charge in [0, 0.05) is 18.6 Å². The van der Waals surface area contributed by atoms with Crippen LogP contribution >= 0.6 is 0 Å². The minimum atomic E-state index is -0.424. The van der Waals surface area contributed by atoms with Crippen LogP contribution in [-0.2, 0) is 11.3 Å². The van der Waals surface area contributed by atoms with E-state index >= 15 is 0 Å². The Morgan fingerprint density at radius 1 is 1.22 bits per heavy atom. The fourth-order valence-corrected chi connectivity index (χ4v) is 3.26. The molecule has 0 aliphatic carbocycles. The smallest absolute Gasteiger partial charge is 0.0900 e. The molecule has 1 saturated heterocycles. The molecule has 1 atom stereocenters. The quantitative estimate of drug-likeness (QED) is 0.798. The van der Waals surface area contributed by atoms with Gasteiger partial charge in [-0.3, -0.25) is 0 Å². The molecule has 1 fully saturated rings. The van der Waals surface area contributed by atoms with Crippen molar-refractivity contribution in [2.45, 2.75) is 51.5 Å². The molecule has 0 saturated carbocycles. The van der Waals surface area contributed by atoms with Crippen molar-refractivity contribution in [3.63, 3.8) is 0 Å². The van der Waals surface area contributed by atoms with E-state index in [-0.39, 0.29) is 0 Å². The Balaban J connectivity index is 1.64. The van der Waals surface area contributed by atoms with Crippen molar-refractivity contribution < 1.29 is 9.84 Å². The van der Waals surface area contributed by atoms with E-state index in [1.807, 2.05) is 30.3 Å². The molecule has 0 spiro atoms. The Kier molecular flexibility index (Phi) is 7.50. The Morgan fingerprint density at radius 3 is 2.48 bits per heavy atom. The minimum Gasteiger partial charge on any atom is -0.389 e. The Hall–Kier alpha value is -0.940. The summed E-state index contributed by atoms with van der Waals surface area (Å²) in [4.78, 5) is 4.83. The summed E-state index contributed by atoms with van der Waals surface area (Å²) >= 11 is 0. The van der Waals surface area contributed by atoms with Gasteiger partial charge in [-0.15, -0.1) is 0 Å². The molecule has 1 aliphatic rings. The first-order valence-electron chi connectivity index (χ1n) is 8.80. The van der Waals surface area contributed by atoms with Crippen LogP contribution in [0.15, 0.2) is 30.3 Å². The summed E-state index contributed by atoms with van der Waals surface area (Å²) in [6, 6.07) is 11.3. The third-order valence-electron chi connectivity index (χ3n) is 4.77. The first-order chi connectivity index (χ1) is 11.1. The van der Waals surface area contributed by atoms with Gasteiger partial charge < -0.3 is 19.6 Å². The van der Waals surface area contributed by atoms with Crippen LogP contribution in [0.1, 0.15) is 32.3 Å². The van der Waals surface area contributed by atoms with Gasteiger partial charge >= 0.3 is 0 Å². The van der Waals surface area contributed by atoms with Crippen LogP contribution in [0.2, 0.25) is 0 Å². The monoisotopic (exact) mass is 320 g/mol. The summed E-state index contributed by atoms with van der Waals surface area (Å²) in [5, 5.41) is 10.2. The average Bonchev–Trinajstić information content (AvgIpc) is 2.56. The maximum atomic E-state index is 10.2. The minimum absolute atomic E-state index is 0.393. The zero-order valence-corrected chi connectivity index (χ0v) is 14.8. The van der Waals surface area contributed by atoms with Crippen LogP contribution in [0.25, 0.3) is 0 Å². The predicted octanol–water partition coefficient (Wildman–Crippen LogP) is 2.37. The van der Waals surface area contributed by atoms with E-state index in [0.717, 1.165) is 18.7 Å². The van der Waals surface area contributed by atoms with Gasteiger partial charge in [-0.05, 0) is 52.4 Å². The van der Waals surface area contributed by atoms with E-state index < -0.39 is 6.10 Å². The van der Waals surface area contributed by atoms with E-state index in [1.54, 1.807) is 0 Å². The van der Waals surface area contributed by atoms with Gasteiger partial charge in [0.05, 0.1) is 19.3 Å². The highest BCUT2D eigenvalue weighted by molar-refractivity contribution is 5.13. The molecule has 1 N–H and O–H groups in total. The second kappa shape index (κ2) is 9.38. The standard InChI is InChI=1S/C19H32N2O2/c1-16(2)21-11-9-18(10-12-21)20(3)13-19(22)15-23-14-17-7-5-4-6-8-17/h4-8,16,18-19,22H,9-15H2,1-3H3. The van der Waals surface area contributed by atoms with Crippen molar-refractivity contribution in [3.05, 3.63) is 35.9 Å². The van der Waals surface area contributed by atoms with Crippen LogP contribution < -0.4 is 0 Å². The van der Waals surface area contributed by atoms with Crippen molar-refractivity contribution in [2.75, 3.05) is 33.3 Å². The number of piperidine rings is 1. The zero-order chi connectivity index (χ0) is 16.7. The van der Waals surface area contributed by atoms with Gasteiger partial charge in [-0.25, -0.2) is 0 Å². The highest BCUT2D eigenvalue weighted by atomic mass is 16.5. The normalized spacial score (nSPS) is 18.7. The Bertz CT molecular complexity index is 430. The van der Waals surface area contributed by atoms with Crippen LogP contribution in [0, 0.1) is 0 Å². The van der Waals surface area contributed by atoms with Crippen molar-refractivity contribution >= 4 is 0 Å². The highest BCUT2D eigenvalue weighted by Gasteiger charge is 2.24. The molecule has 130 valence electrons. The number of hydrogen-bond acceptors (Lipinski definition) is 4. The number of rotatable bonds is 8. The number of likely N-dealkylation sites (N-methyl/N-ethyl adjacent to an activating group) is 1. The van der Waals surface area contributed by atoms with Crippen LogP contribution in [0.4, 0.5) is 0 Å². The van der Waals surface area contributed by atoms with Gasteiger partial charge in [0.25, 0.3) is 0 Å². The molecule has 0 bridgehead atoms. The number of likely N-dealkylation sites (tertiary alicyclic amines) is 1. The van der Waals surface area contributed by atoms with Crippen LogP contribution in [0.3, 0.4) is 0 Å². The molecule has 4 heteroatoms. The number of benzene rings is 1. The molecule has 0 aromatic heterocycles. The van der Waals surface area contributed by atoms with Crippen LogP contribution in [0.5, 0.6) is 0 Å². The first kappa shape index (κ1) is 18.4. The molecule has 2 rings (SSSR count). The maximum absolute atomic E-state index is 10.2. The number of aliphatic hydroxyl groups excluding tert-OH is 1. The third kappa shape index (κ3) is 6.22. The molecule has 1 heterocycles. The molecule has 1 aromatic carbocycles. The van der Waals surface area contributed by atoms with E-state index in [0.29, 0.717) is 31.8 Å². The SMILES string of the molecule is CC(C)N1CCC(N(C)CC(O)COCc2ccccc2)CC1.